The summed E-state index contributed by atoms with van der Waals surface area (Å²) < 4.78 is 1.19. The van der Waals surface area contributed by atoms with Crippen LogP contribution in [0.3, 0.4) is 0 Å². The third-order valence-electron chi connectivity index (χ3n) is 2.02. The number of nitrogens with one attached hydrogen (secondary N) is 1. The molecule has 0 radical (unpaired) electrons. The number of benzene rings is 1. The van der Waals surface area contributed by atoms with Gasteiger partial charge in [0.1, 0.15) is 0 Å². The fourth-order valence-corrected chi connectivity index (χ4v) is 1.86. The number of alkyl halides is 1. The number of hydrogen-bond donors (Lipinski definition) is 1. The zero-order chi connectivity index (χ0) is 10.2. The van der Waals surface area contributed by atoms with Crippen molar-refractivity contribution in [2.45, 2.75) is 12.8 Å². The molecule has 1 aromatic rings. The zero-order valence-electron chi connectivity index (χ0n) is 8.10. The van der Waals surface area contributed by atoms with Gasteiger partial charge in [0, 0.05) is 10.4 Å². The maximum atomic E-state index is 5.58. The Bertz CT molecular complexity index is 265. The molecule has 14 heavy (non-hydrogen) atoms. The molecular weight excluding hydrogens is 261 g/mol. The van der Waals surface area contributed by atoms with E-state index in [-0.39, 0.29) is 0 Å². The summed E-state index contributed by atoms with van der Waals surface area (Å²) in [6.07, 6.45) is 2.10. The van der Waals surface area contributed by atoms with Crippen LogP contribution < -0.4 is 5.32 Å². The van der Waals surface area contributed by atoms with Gasteiger partial charge in [0.25, 0.3) is 0 Å². The van der Waals surface area contributed by atoms with Crippen LogP contribution in [0.25, 0.3) is 0 Å². The summed E-state index contributed by atoms with van der Waals surface area (Å²) in [6.45, 7) is 2.02. The first-order valence-electron chi connectivity index (χ1n) is 4.84. The molecule has 0 aliphatic heterocycles. The second-order valence-electron chi connectivity index (χ2n) is 3.13. The van der Waals surface area contributed by atoms with Gasteiger partial charge in [0.2, 0.25) is 0 Å². The molecule has 0 saturated carbocycles. The Balaban J connectivity index is 2.21. The first-order chi connectivity index (χ1) is 6.84. The highest BCUT2D eigenvalue weighted by Gasteiger charge is 1.96. The van der Waals surface area contributed by atoms with E-state index in [1.807, 2.05) is 6.07 Å². The van der Waals surface area contributed by atoms with Gasteiger partial charge in [0.15, 0.2) is 0 Å². The highest BCUT2D eigenvalue weighted by Crippen LogP contribution is 2.15. The van der Waals surface area contributed by atoms with Crippen LogP contribution in [0.2, 0.25) is 0 Å². The largest absolute Gasteiger partial charge is 0.316 e. The molecule has 1 nitrogen and oxygen atoms in total. The van der Waals surface area contributed by atoms with Crippen molar-refractivity contribution in [3.8, 4) is 0 Å². The summed E-state index contributed by atoms with van der Waals surface area (Å²) in [5.74, 6) is 0.738. The monoisotopic (exact) mass is 275 g/mol. The second-order valence-corrected chi connectivity index (χ2v) is 4.37. The number of halogens is 2. The molecule has 3 heteroatoms. The number of hydrogen-bond acceptors (Lipinski definition) is 1. The van der Waals surface area contributed by atoms with E-state index in [1.165, 1.54) is 10.0 Å². The van der Waals surface area contributed by atoms with Gasteiger partial charge in [-0.3, -0.25) is 0 Å². The van der Waals surface area contributed by atoms with Crippen LogP contribution in [0.1, 0.15) is 12.0 Å². The van der Waals surface area contributed by atoms with Crippen molar-refractivity contribution in [1.82, 2.24) is 5.32 Å². The van der Waals surface area contributed by atoms with Crippen molar-refractivity contribution < 1.29 is 0 Å². The van der Waals surface area contributed by atoms with E-state index in [0.717, 1.165) is 31.8 Å². The molecule has 0 aliphatic carbocycles. The smallest absolute Gasteiger partial charge is 0.0235 e. The standard InChI is InChI=1S/C11H15BrClN/c12-11-5-2-1-4-10(11)6-9-14-8-3-7-13/h1-2,4-5,14H,3,6-9H2. The van der Waals surface area contributed by atoms with E-state index in [4.69, 9.17) is 11.6 Å². The van der Waals surface area contributed by atoms with Gasteiger partial charge in [0.05, 0.1) is 0 Å². The summed E-state index contributed by atoms with van der Waals surface area (Å²) in [4.78, 5) is 0. The minimum Gasteiger partial charge on any atom is -0.316 e. The molecule has 0 spiro atoms. The summed E-state index contributed by atoms with van der Waals surface area (Å²) in [7, 11) is 0. The van der Waals surface area contributed by atoms with Crippen molar-refractivity contribution >= 4 is 27.5 Å². The summed E-state index contributed by atoms with van der Waals surface area (Å²) in [6, 6.07) is 8.33. The van der Waals surface area contributed by atoms with E-state index < -0.39 is 0 Å². The SMILES string of the molecule is ClCCCNCCc1ccccc1Br. The maximum Gasteiger partial charge on any atom is 0.0235 e. The topological polar surface area (TPSA) is 12.0 Å². The Morgan fingerprint density at radius 2 is 2.00 bits per heavy atom. The Hall–Kier alpha value is -0.0500. The molecule has 1 rings (SSSR count). The summed E-state index contributed by atoms with van der Waals surface area (Å²) in [5.41, 5.74) is 1.35. The van der Waals surface area contributed by atoms with Gasteiger partial charge >= 0.3 is 0 Å². The quantitative estimate of drug-likeness (QED) is 0.621. The van der Waals surface area contributed by atoms with E-state index in [2.05, 4.69) is 39.4 Å². The van der Waals surface area contributed by atoms with Crippen molar-refractivity contribution in [2.24, 2.45) is 0 Å². The molecule has 0 bridgehead atoms. The minimum absolute atomic E-state index is 0.738. The fourth-order valence-electron chi connectivity index (χ4n) is 1.24. The summed E-state index contributed by atoms with van der Waals surface area (Å²) in [5, 5.41) is 3.36. The van der Waals surface area contributed by atoms with Crippen molar-refractivity contribution in [2.75, 3.05) is 19.0 Å². The van der Waals surface area contributed by atoms with Gasteiger partial charge in [-0.15, -0.1) is 11.6 Å². The lowest BCUT2D eigenvalue weighted by Crippen LogP contribution is -2.18. The molecule has 0 fully saturated rings. The zero-order valence-corrected chi connectivity index (χ0v) is 10.4. The molecule has 1 aromatic carbocycles. The van der Waals surface area contributed by atoms with Crippen LogP contribution in [-0.2, 0) is 6.42 Å². The van der Waals surface area contributed by atoms with Gasteiger partial charge < -0.3 is 5.32 Å². The second kappa shape index (κ2) is 7.27. The Morgan fingerprint density at radius 3 is 2.71 bits per heavy atom. The first-order valence-corrected chi connectivity index (χ1v) is 6.17. The highest BCUT2D eigenvalue weighted by atomic mass is 79.9. The molecule has 0 atom stereocenters. The van der Waals surface area contributed by atoms with E-state index >= 15 is 0 Å². The van der Waals surface area contributed by atoms with Crippen molar-refractivity contribution in [3.63, 3.8) is 0 Å². The molecule has 0 aliphatic rings. The fraction of sp³-hybridized carbons (Fsp3) is 0.455. The Labute approximate surface area is 99.0 Å². The van der Waals surface area contributed by atoms with E-state index in [9.17, 15) is 0 Å². The molecule has 0 amide bonds. The van der Waals surface area contributed by atoms with E-state index in [0.29, 0.717) is 0 Å². The lowest BCUT2D eigenvalue weighted by Gasteiger charge is -2.05. The normalized spacial score (nSPS) is 10.4. The van der Waals surface area contributed by atoms with E-state index in [1.54, 1.807) is 0 Å². The van der Waals surface area contributed by atoms with Gasteiger partial charge in [-0.05, 0) is 37.6 Å². The molecule has 1 N–H and O–H groups in total. The van der Waals surface area contributed by atoms with Crippen LogP contribution in [0, 0.1) is 0 Å². The van der Waals surface area contributed by atoms with Crippen molar-refractivity contribution in [1.29, 1.82) is 0 Å². The van der Waals surface area contributed by atoms with Crippen LogP contribution in [0.15, 0.2) is 28.7 Å². The first kappa shape index (κ1) is 12.0. The molecule has 78 valence electrons. The maximum absolute atomic E-state index is 5.58. The van der Waals surface area contributed by atoms with Crippen molar-refractivity contribution in [3.05, 3.63) is 34.3 Å². The lowest BCUT2D eigenvalue weighted by atomic mass is 10.1. The number of rotatable bonds is 6. The lowest BCUT2D eigenvalue weighted by molar-refractivity contribution is 0.672. The van der Waals surface area contributed by atoms with Gasteiger partial charge in [-0.25, -0.2) is 0 Å². The predicted octanol–water partition coefficient (Wildman–Crippen LogP) is 3.21. The molecule has 0 saturated heterocycles. The van der Waals surface area contributed by atoms with Gasteiger partial charge in [-0.1, -0.05) is 34.1 Å². The average Bonchev–Trinajstić information content (AvgIpc) is 2.20. The van der Waals surface area contributed by atoms with Crippen LogP contribution in [0.4, 0.5) is 0 Å². The Kier molecular flexibility index (Phi) is 6.24. The molecule has 0 aromatic heterocycles. The predicted molar refractivity (Wildman–Crippen MR) is 66.1 cm³/mol. The summed E-state index contributed by atoms with van der Waals surface area (Å²) >= 11 is 9.11. The third-order valence-corrected chi connectivity index (χ3v) is 3.06. The van der Waals surface area contributed by atoms with Gasteiger partial charge in [-0.2, -0.15) is 0 Å². The third kappa shape index (κ3) is 4.45. The molecule has 0 unspecified atom stereocenters. The highest BCUT2D eigenvalue weighted by molar-refractivity contribution is 9.10. The minimum atomic E-state index is 0.738. The molecular formula is C11H15BrClN. The average molecular weight is 277 g/mol. The Morgan fingerprint density at radius 1 is 1.21 bits per heavy atom. The van der Waals surface area contributed by atoms with Crippen LogP contribution in [-0.4, -0.2) is 19.0 Å². The van der Waals surface area contributed by atoms with Crippen LogP contribution >= 0.6 is 27.5 Å². The molecule has 0 heterocycles. The van der Waals surface area contributed by atoms with Crippen LogP contribution in [0.5, 0.6) is 0 Å².